The summed E-state index contributed by atoms with van der Waals surface area (Å²) in [5, 5.41) is 30.2. The fourth-order valence-electron chi connectivity index (χ4n) is 3.45. The summed E-state index contributed by atoms with van der Waals surface area (Å²) in [5.74, 6) is -1.95. The molecular formula is C24H22N2O5. The second-order valence-corrected chi connectivity index (χ2v) is 7.21. The topological polar surface area (TPSA) is 111 Å². The molecule has 0 aliphatic carbocycles. The van der Waals surface area contributed by atoms with Crippen LogP contribution in [0.15, 0.2) is 48.5 Å². The van der Waals surface area contributed by atoms with Gasteiger partial charge < -0.3 is 19.8 Å². The number of aryl methyl sites for hydroxylation is 2. The van der Waals surface area contributed by atoms with E-state index in [1.165, 1.54) is 4.90 Å². The van der Waals surface area contributed by atoms with Gasteiger partial charge in [0.15, 0.2) is 6.61 Å². The third kappa shape index (κ3) is 4.75. The van der Waals surface area contributed by atoms with Crippen LogP contribution in [0.5, 0.6) is 11.5 Å². The quantitative estimate of drug-likeness (QED) is 0.463. The number of aromatic hydroxyl groups is 2. The number of benzene rings is 3. The molecule has 0 heterocycles. The zero-order valence-corrected chi connectivity index (χ0v) is 17.3. The van der Waals surface area contributed by atoms with Gasteiger partial charge in [-0.1, -0.05) is 30.3 Å². The van der Waals surface area contributed by atoms with E-state index in [1.807, 2.05) is 38.1 Å². The van der Waals surface area contributed by atoms with Crippen molar-refractivity contribution < 1.29 is 24.5 Å². The summed E-state index contributed by atoms with van der Waals surface area (Å²) in [6.45, 7) is 3.37. The van der Waals surface area contributed by atoms with Crippen molar-refractivity contribution in [2.24, 2.45) is 0 Å². The summed E-state index contributed by atoms with van der Waals surface area (Å²) in [4.78, 5) is 26.7. The summed E-state index contributed by atoms with van der Waals surface area (Å²) in [6.07, 6.45) is 0.117. The number of phenols is 2. The van der Waals surface area contributed by atoms with E-state index in [1.54, 1.807) is 24.3 Å². The van der Waals surface area contributed by atoms with Gasteiger partial charge in [0.1, 0.15) is 17.1 Å². The lowest BCUT2D eigenvalue weighted by Crippen LogP contribution is -2.35. The molecule has 0 unspecified atom stereocenters. The molecule has 0 fully saturated rings. The van der Waals surface area contributed by atoms with Crippen LogP contribution in [-0.4, -0.2) is 35.2 Å². The van der Waals surface area contributed by atoms with Crippen molar-refractivity contribution in [1.82, 2.24) is 0 Å². The van der Waals surface area contributed by atoms with E-state index in [4.69, 9.17) is 10.00 Å². The molecule has 0 aliphatic rings. The average Bonchev–Trinajstić information content (AvgIpc) is 2.74. The Hall–Kier alpha value is -4.05. The fourth-order valence-corrected chi connectivity index (χ4v) is 3.45. The van der Waals surface area contributed by atoms with Crippen molar-refractivity contribution >= 4 is 28.3 Å². The Kier molecular flexibility index (Phi) is 6.41. The Labute approximate surface area is 179 Å². The van der Waals surface area contributed by atoms with Crippen molar-refractivity contribution in [3.05, 3.63) is 65.2 Å². The molecule has 3 rings (SSSR count). The standard InChI is InChI=1S/C24H22N2O5/c1-15-10-16(2)12-17(11-15)26(9-5-8-25)22(28)14-31-24(30)20-13-21(27)18-6-3-4-7-19(18)23(20)29/h3-4,6-7,10-13,27,29H,5,9,14H2,1-2H3. The zero-order chi connectivity index (χ0) is 22.5. The molecule has 0 spiro atoms. The molecule has 7 nitrogen and oxygen atoms in total. The third-order valence-corrected chi connectivity index (χ3v) is 4.81. The van der Waals surface area contributed by atoms with Gasteiger partial charge >= 0.3 is 5.97 Å². The lowest BCUT2D eigenvalue weighted by atomic mass is 10.0. The van der Waals surface area contributed by atoms with Crippen LogP contribution in [0.4, 0.5) is 5.69 Å². The van der Waals surface area contributed by atoms with Crippen molar-refractivity contribution in [3.63, 3.8) is 0 Å². The van der Waals surface area contributed by atoms with Crippen LogP contribution < -0.4 is 4.90 Å². The molecule has 1 amide bonds. The Balaban J connectivity index is 1.81. The predicted octanol–water partition coefficient (Wildman–Crippen LogP) is 3.97. The number of nitriles is 1. The van der Waals surface area contributed by atoms with Crippen LogP contribution in [0, 0.1) is 25.2 Å². The minimum Gasteiger partial charge on any atom is -0.507 e. The molecular weight excluding hydrogens is 396 g/mol. The van der Waals surface area contributed by atoms with Crippen LogP contribution in [0.25, 0.3) is 10.8 Å². The fraction of sp³-hybridized carbons (Fsp3) is 0.208. The van der Waals surface area contributed by atoms with E-state index in [2.05, 4.69) is 0 Å². The Bertz CT molecular complexity index is 1180. The first-order valence-corrected chi connectivity index (χ1v) is 9.68. The number of carbonyl (C=O) groups is 2. The number of anilines is 1. The van der Waals surface area contributed by atoms with Crippen LogP contribution in [0.1, 0.15) is 27.9 Å². The summed E-state index contributed by atoms with van der Waals surface area (Å²) in [7, 11) is 0. The van der Waals surface area contributed by atoms with Crippen LogP contribution in [0.3, 0.4) is 0 Å². The van der Waals surface area contributed by atoms with Gasteiger partial charge in [-0.3, -0.25) is 4.79 Å². The molecule has 7 heteroatoms. The minimum absolute atomic E-state index is 0.117. The van der Waals surface area contributed by atoms with E-state index in [-0.39, 0.29) is 30.0 Å². The first kappa shape index (κ1) is 21.7. The van der Waals surface area contributed by atoms with Crippen LogP contribution in [-0.2, 0) is 9.53 Å². The number of nitrogens with zero attached hydrogens (tertiary/aromatic N) is 2. The Morgan fingerprint density at radius 2 is 1.68 bits per heavy atom. The lowest BCUT2D eigenvalue weighted by Gasteiger charge is -2.22. The summed E-state index contributed by atoms with van der Waals surface area (Å²) in [6, 6.07) is 15.3. The SMILES string of the molecule is Cc1cc(C)cc(N(CCC#N)C(=O)COC(=O)c2cc(O)c3ccccc3c2O)c1. The van der Waals surface area contributed by atoms with Gasteiger partial charge in [-0.15, -0.1) is 0 Å². The highest BCUT2D eigenvalue weighted by atomic mass is 16.5. The van der Waals surface area contributed by atoms with E-state index < -0.39 is 18.5 Å². The molecule has 0 bridgehead atoms. The highest BCUT2D eigenvalue weighted by Gasteiger charge is 2.22. The molecule has 0 radical (unpaired) electrons. The zero-order valence-electron chi connectivity index (χ0n) is 17.3. The van der Waals surface area contributed by atoms with Crippen molar-refractivity contribution in [2.75, 3.05) is 18.1 Å². The number of hydrogen-bond acceptors (Lipinski definition) is 6. The number of esters is 1. The van der Waals surface area contributed by atoms with Gasteiger partial charge in [0.05, 0.1) is 12.5 Å². The van der Waals surface area contributed by atoms with Crippen molar-refractivity contribution in [1.29, 1.82) is 5.26 Å². The van der Waals surface area contributed by atoms with Crippen LogP contribution in [0.2, 0.25) is 0 Å². The van der Waals surface area contributed by atoms with E-state index in [9.17, 15) is 19.8 Å². The number of hydrogen-bond donors (Lipinski definition) is 2. The van der Waals surface area contributed by atoms with Gasteiger partial charge in [-0.2, -0.15) is 5.26 Å². The van der Waals surface area contributed by atoms with Crippen molar-refractivity contribution in [3.8, 4) is 17.6 Å². The number of amides is 1. The summed E-state index contributed by atoms with van der Waals surface area (Å²) >= 11 is 0. The number of rotatable bonds is 6. The van der Waals surface area contributed by atoms with Gasteiger partial charge in [0.25, 0.3) is 5.91 Å². The molecule has 158 valence electrons. The third-order valence-electron chi connectivity index (χ3n) is 4.81. The molecule has 0 aromatic heterocycles. The molecule has 31 heavy (non-hydrogen) atoms. The van der Waals surface area contributed by atoms with E-state index in [0.717, 1.165) is 17.2 Å². The first-order chi connectivity index (χ1) is 14.8. The minimum atomic E-state index is -0.937. The smallest absolute Gasteiger partial charge is 0.342 e. The van der Waals surface area contributed by atoms with Gasteiger partial charge in [-0.05, 0) is 43.2 Å². The first-order valence-electron chi connectivity index (χ1n) is 9.68. The highest BCUT2D eigenvalue weighted by molar-refractivity contribution is 6.04. The largest absolute Gasteiger partial charge is 0.507 e. The lowest BCUT2D eigenvalue weighted by molar-refractivity contribution is -0.121. The van der Waals surface area contributed by atoms with E-state index in [0.29, 0.717) is 16.5 Å². The molecule has 0 atom stereocenters. The maximum atomic E-state index is 12.8. The Morgan fingerprint density at radius 3 is 2.32 bits per heavy atom. The molecule has 0 aliphatic heterocycles. The highest BCUT2D eigenvalue weighted by Crippen LogP contribution is 2.35. The second-order valence-electron chi connectivity index (χ2n) is 7.21. The number of ether oxygens (including phenoxy) is 1. The Morgan fingerprint density at radius 1 is 1.03 bits per heavy atom. The average molecular weight is 418 g/mol. The molecule has 2 N–H and O–H groups in total. The van der Waals surface area contributed by atoms with Crippen LogP contribution >= 0.6 is 0 Å². The second kappa shape index (κ2) is 9.18. The number of fused-ring (bicyclic) bond motifs is 1. The summed E-state index contributed by atoms with van der Waals surface area (Å²) in [5.41, 5.74) is 2.29. The van der Waals surface area contributed by atoms with Gasteiger partial charge in [-0.25, -0.2) is 4.79 Å². The molecule has 3 aromatic carbocycles. The number of phenolic OH excluding ortho intramolecular Hbond substituents is 2. The number of carbonyl (C=O) groups excluding carboxylic acids is 2. The maximum Gasteiger partial charge on any atom is 0.342 e. The van der Waals surface area contributed by atoms with Gasteiger partial charge in [0, 0.05) is 23.0 Å². The molecule has 0 saturated heterocycles. The van der Waals surface area contributed by atoms with Gasteiger partial charge in [0.2, 0.25) is 0 Å². The predicted molar refractivity (Wildman–Crippen MR) is 116 cm³/mol. The molecule has 0 saturated carbocycles. The summed E-state index contributed by atoms with van der Waals surface area (Å²) < 4.78 is 5.13. The van der Waals surface area contributed by atoms with Crippen molar-refractivity contribution in [2.45, 2.75) is 20.3 Å². The maximum absolute atomic E-state index is 12.8. The normalized spacial score (nSPS) is 10.5. The monoisotopic (exact) mass is 418 g/mol. The van der Waals surface area contributed by atoms with E-state index >= 15 is 0 Å². The molecule has 3 aromatic rings.